The minimum Gasteiger partial charge on any atom is -0.493 e. The van der Waals surface area contributed by atoms with Crippen LogP contribution in [0.15, 0.2) is 12.1 Å². The molecule has 0 fully saturated rings. The van der Waals surface area contributed by atoms with E-state index in [0.29, 0.717) is 18.6 Å². The summed E-state index contributed by atoms with van der Waals surface area (Å²) in [5, 5.41) is 20.8. The van der Waals surface area contributed by atoms with Crippen molar-refractivity contribution in [2.75, 3.05) is 13.7 Å². The van der Waals surface area contributed by atoms with E-state index in [1.807, 2.05) is 0 Å². The topological polar surface area (TPSA) is 81.8 Å². The van der Waals surface area contributed by atoms with Gasteiger partial charge in [-0.05, 0) is 25.0 Å². The number of hydrogen-bond donors (Lipinski definition) is 1. The number of benzene rings is 1. The third kappa shape index (κ3) is 2.89. The van der Waals surface area contributed by atoms with Crippen LogP contribution in [0.25, 0.3) is 0 Å². The van der Waals surface area contributed by atoms with Gasteiger partial charge in [-0.15, -0.1) is 0 Å². The maximum absolute atomic E-state index is 11.0. The van der Waals surface area contributed by atoms with E-state index in [2.05, 4.69) is 0 Å². The number of aliphatic hydroxyl groups is 1. The van der Waals surface area contributed by atoms with Crippen LogP contribution in [0.3, 0.4) is 0 Å². The van der Waals surface area contributed by atoms with Crippen LogP contribution in [-0.2, 0) is 0 Å². The van der Waals surface area contributed by atoms with Gasteiger partial charge in [0.05, 0.1) is 24.7 Å². The zero-order valence-electron chi connectivity index (χ0n) is 10.7. The molecule has 0 amide bonds. The fraction of sp³-hybridized carbons (Fsp3) is 0.500. The fourth-order valence-electron chi connectivity index (χ4n) is 1.61. The average Bonchev–Trinajstić information content (AvgIpc) is 2.37. The summed E-state index contributed by atoms with van der Waals surface area (Å²) in [7, 11) is 1.41. The Hall–Kier alpha value is -1.82. The molecule has 0 aliphatic carbocycles. The second-order valence-corrected chi connectivity index (χ2v) is 3.69. The molecule has 1 aromatic rings. The van der Waals surface area contributed by atoms with Crippen molar-refractivity contribution in [1.29, 1.82) is 0 Å². The van der Waals surface area contributed by atoms with Crippen LogP contribution < -0.4 is 9.47 Å². The molecule has 0 spiro atoms. The number of nitro benzene ring substituents is 1. The second kappa shape index (κ2) is 6.20. The van der Waals surface area contributed by atoms with E-state index >= 15 is 0 Å². The maximum atomic E-state index is 11.0. The molecule has 0 saturated heterocycles. The van der Waals surface area contributed by atoms with Gasteiger partial charge in [0.25, 0.3) is 0 Å². The van der Waals surface area contributed by atoms with Crippen LogP contribution >= 0.6 is 0 Å². The molecule has 0 aromatic heterocycles. The van der Waals surface area contributed by atoms with Crippen molar-refractivity contribution in [1.82, 2.24) is 0 Å². The molecule has 0 radical (unpaired) electrons. The van der Waals surface area contributed by atoms with Gasteiger partial charge in [0, 0.05) is 6.07 Å². The van der Waals surface area contributed by atoms with Gasteiger partial charge in [-0.3, -0.25) is 10.1 Å². The van der Waals surface area contributed by atoms with Crippen molar-refractivity contribution in [3.8, 4) is 11.5 Å². The third-order valence-electron chi connectivity index (χ3n) is 2.53. The predicted octanol–water partition coefficient (Wildman–Crippen LogP) is 2.45. The number of ether oxygens (including phenoxy) is 2. The first-order valence-corrected chi connectivity index (χ1v) is 5.72. The highest BCUT2D eigenvalue weighted by Crippen LogP contribution is 2.40. The van der Waals surface area contributed by atoms with Crippen LogP contribution in [-0.4, -0.2) is 23.7 Å². The summed E-state index contributed by atoms with van der Waals surface area (Å²) in [6.07, 6.45) is -0.290. The van der Waals surface area contributed by atoms with Gasteiger partial charge in [0.15, 0.2) is 5.75 Å². The van der Waals surface area contributed by atoms with E-state index in [-0.39, 0.29) is 17.2 Å². The van der Waals surface area contributed by atoms with E-state index in [1.165, 1.54) is 13.2 Å². The number of aliphatic hydroxyl groups excluding tert-OH is 1. The lowest BCUT2D eigenvalue weighted by Crippen LogP contribution is -2.03. The number of methoxy groups -OCH3 is 1. The van der Waals surface area contributed by atoms with Crippen LogP contribution in [0.1, 0.15) is 31.9 Å². The molecule has 0 aliphatic rings. The zero-order valence-corrected chi connectivity index (χ0v) is 10.7. The first kappa shape index (κ1) is 14.2. The Morgan fingerprint density at radius 2 is 2.11 bits per heavy atom. The van der Waals surface area contributed by atoms with Gasteiger partial charge < -0.3 is 14.6 Å². The van der Waals surface area contributed by atoms with Gasteiger partial charge in [0.1, 0.15) is 0 Å². The highest BCUT2D eigenvalue weighted by Gasteiger charge is 2.23. The Labute approximate surface area is 105 Å². The van der Waals surface area contributed by atoms with Gasteiger partial charge in [0.2, 0.25) is 5.75 Å². The Bertz CT molecular complexity index is 433. The minimum absolute atomic E-state index is 0.0945. The molecule has 0 saturated carbocycles. The highest BCUT2D eigenvalue weighted by atomic mass is 16.6. The van der Waals surface area contributed by atoms with Gasteiger partial charge >= 0.3 is 5.69 Å². The Kier molecular flexibility index (Phi) is 4.91. The first-order chi connectivity index (χ1) is 8.54. The molecule has 1 unspecified atom stereocenters. The van der Waals surface area contributed by atoms with Gasteiger partial charge in [-0.1, -0.05) is 6.92 Å². The SMILES string of the molecule is CCOc1c(OC)cc(C(O)CC)cc1[N+](=O)[O-]. The lowest BCUT2D eigenvalue weighted by Gasteiger charge is -2.14. The molecule has 1 rings (SSSR count). The Balaban J connectivity index is 3.38. The van der Waals surface area contributed by atoms with Crippen LogP contribution in [0.2, 0.25) is 0 Å². The minimum atomic E-state index is -0.756. The van der Waals surface area contributed by atoms with E-state index in [0.717, 1.165) is 0 Å². The smallest absolute Gasteiger partial charge is 0.315 e. The maximum Gasteiger partial charge on any atom is 0.315 e. The number of hydrogen-bond acceptors (Lipinski definition) is 5. The largest absolute Gasteiger partial charge is 0.493 e. The number of nitro groups is 1. The molecule has 18 heavy (non-hydrogen) atoms. The van der Waals surface area contributed by atoms with Crippen molar-refractivity contribution in [3.63, 3.8) is 0 Å². The molecule has 0 heterocycles. The van der Waals surface area contributed by atoms with Crippen LogP contribution in [0.5, 0.6) is 11.5 Å². The van der Waals surface area contributed by atoms with Crippen molar-refractivity contribution in [3.05, 3.63) is 27.8 Å². The molecule has 6 heteroatoms. The molecule has 0 bridgehead atoms. The monoisotopic (exact) mass is 255 g/mol. The molecule has 6 nitrogen and oxygen atoms in total. The summed E-state index contributed by atoms with van der Waals surface area (Å²) in [6, 6.07) is 2.88. The van der Waals surface area contributed by atoms with Gasteiger partial charge in [-0.2, -0.15) is 0 Å². The fourth-order valence-corrected chi connectivity index (χ4v) is 1.61. The molecule has 1 atom stereocenters. The summed E-state index contributed by atoms with van der Waals surface area (Å²) in [6.45, 7) is 3.82. The lowest BCUT2D eigenvalue weighted by molar-refractivity contribution is -0.386. The summed E-state index contributed by atoms with van der Waals surface area (Å²) >= 11 is 0. The predicted molar refractivity (Wildman–Crippen MR) is 66.1 cm³/mol. The normalized spacial score (nSPS) is 12.0. The number of rotatable bonds is 6. The van der Waals surface area contributed by atoms with Crippen molar-refractivity contribution in [2.24, 2.45) is 0 Å². The summed E-state index contributed by atoms with van der Waals surface area (Å²) < 4.78 is 10.3. The standard InChI is InChI=1S/C12H17NO5/c1-4-10(14)8-6-9(13(15)16)12(18-5-2)11(7-8)17-3/h6-7,10,14H,4-5H2,1-3H3. The molecule has 1 N–H and O–H groups in total. The van der Waals surface area contributed by atoms with Crippen molar-refractivity contribution in [2.45, 2.75) is 26.4 Å². The highest BCUT2D eigenvalue weighted by molar-refractivity contribution is 5.58. The second-order valence-electron chi connectivity index (χ2n) is 3.69. The molecule has 100 valence electrons. The quantitative estimate of drug-likeness (QED) is 0.623. The lowest BCUT2D eigenvalue weighted by atomic mass is 10.1. The van der Waals surface area contributed by atoms with Gasteiger partial charge in [-0.25, -0.2) is 0 Å². The van der Waals surface area contributed by atoms with E-state index in [4.69, 9.17) is 9.47 Å². The summed E-state index contributed by atoms with van der Waals surface area (Å²) in [4.78, 5) is 10.5. The van der Waals surface area contributed by atoms with E-state index < -0.39 is 11.0 Å². The van der Waals surface area contributed by atoms with Crippen molar-refractivity contribution < 1.29 is 19.5 Å². The van der Waals surface area contributed by atoms with E-state index in [9.17, 15) is 15.2 Å². The number of nitrogens with zero attached hydrogens (tertiary/aromatic N) is 1. The first-order valence-electron chi connectivity index (χ1n) is 5.72. The average molecular weight is 255 g/mol. The zero-order chi connectivity index (χ0) is 13.7. The molecular formula is C12H17NO5. The summed E-state index contributed by atoms with van der Waals surface area (Å²) in [5.41, 5.74) is 0.253. The Morgan fingerprint density at radius 1 is 1.44 bits per heavy atom. The molecular weight excluding hydrogens is 238 g/mol. The molecule has 0 aliphatic heterocycles. The van der Waals surface area contributed by atoms with E-state index in [1.54, 1.807) is 19.9 Å². The summed E-state index contributed by atoms with van der Waals surface area (Å²) in [5.74, 6) is 0.352. The third-order valence-corrected chi connectivity index (χ3v) is 2.53. The van der Waals surface area contributed by atoms with Crippen LogP contribution in [0.4, 0.5) is 5.69 Å². The van der Waals surface area contributed by atoms with Crippen LogP contribution in [0, 0.1) is 10.1 Å². The van der Waals surface area contributed by atoms with Crippen molar-refractivity contribution >= 4 is 5.69 Å². The Morgan fingerprint density at radius 3 is 2.56 bits per heavy atom. The molecule has 1 aromatic carbocycles.